The lowest BCUT2D eigenvalue weighted by Gasteiger charge is -2.46. The Kier molecular flexibility index (Phi) is 3.21. The topological polar surface area (TPSA) is 50.9 Å². The van der Waals surface area contributed by atoms with E-state index in [1.807, 2.05) is 6.07 Å². The number of anilines is 2. The minimum Gasteiger partial charge on any atom is -0.399 e. The maximum atomic E-state index is 13.9. The number of nitrogens with zero attached hydrogens (tertiary/aromatic N) is 1. The van der Waals surface area contributed by atoms with Gasteiger partial charge in [0.1, 0.15) is 11.6 Å². The van der Waals surface area contributed by atoms with E-state index in [9.17, 15) is 4.39 Å². The Morgan fingerprint density at radius 3 is 2.64 bits per heavy atom. The van der Waals surface area contributed by atoms with Gasteiger partial charge in [-0.3, -0.25) is 0 Å². The van der Waals surface area contributed by atoms with Crippen LogP contribution >= 0.6 is 0 Å². The van der Waals surface area contributed by atoms with Crippen molar-refractivity contribution in [1.29, 1.82) is 0 Å². The summed E-state index contributed by atoms with van der Waals surface area (Å²) >= 11 is 0. The second-order valence-electron chi connectivity index (χ2n) is 7.10. The van der Waals surface area contributed by atoms with Gasteiger partial charge in [0, 0.05) is 23.0 Å². The van der Waals surface area contributed by atoms with Crippen molar-refractivity contribution in [3.8, 4) is 0 Å². The maximum Gasteiger partial charge on any atom is 0.149 e. The van der Waals surface area contributed by atoms with E-state index in [1.165, 1.54) is 44.7 Å². The SMILES string of the molecule is Nc1ccc2c(NCC34CCC(CC3)CC4)ncc(F)c2c1. The Hall–Kier alpha value is -1.84. The Balaban J connectivity index is 1.60. The number of halogens is 1. The highest BCUT2D eigenvalue weighted by atomic mass is 19.1. The van der Waals surface area contributed by atoms with Crippen molar-refractivity contribution in [2.45, 2.75) is 38.5 Å². The first-order valence-corrected chi connectivity index (χ1v) is 8.23. The number of nitrogens with one attached hydrogen (secondary N) is 1. The fourth-order valence-electron chi connectivity index (χ4n) is 4.24. The van der Waals surface area contributed by atoms with E-state index in [0.29, 0.717) is 16.5 Å². The van der Waals surface area contributed by atoms with Crippen LogP contribution in [0.2, 0.25) is 0 Å². The molecule has 1 aromatic carbocycles. The molecule has 5 rings (SSSR count). The molecule has 1 heterocycles. The molecule has 4 heteroatoms. The number of nitrogens with two attached hydrogens (primary N) is 1. The van der Waals surface area contributed by atoms with Crippen LogP contribution in [0.1, 0.15) is 38.5 Å². The second kappa shape index (κ2) is 5.11. The van der Waals surface area contributed by atoms with Gasteiger partial charge in [-0.1, -0.05) is 0 Å². The van der Waals surface area contributed by atoms with E-state index in [-0.39, 0.29) is 5.82 Å². The maximum absolute atomic E-state index is 13.9. The van der Waals surface area contributed by atoms with Crippen LogP contribution in [-0.2, 0) is 0 Å². The molecule has 3 N–H and O–H groups in total. The molecule has 0 spiro atoms. The third kappa shape index (κ3) is 2.31. The molecule has 0 radical (unpaired) electrons. The molecule has 116 valence electrons. The lowest BCUT2D eigenvalue weighted by Crippen LogP contribution is -2.39. The molecule has 3 fully saturated rings. The molecule has 22 heavy (non-hydrogen) atoms. The van der Waals surface area contributed by atoms with E-state index >= 15 is 0 Å². The van der Waals surface area contributed by atoms with Crippen molar-refractivity contribution in [3.05, 3.63) is 30.2 Å². The van der Waals surface area contributed by atoms with Crippen molar-refractivity contribution < 1.29 is 4.39 Å². The molecule has 2 aromatic rings. The van der Waals surface area contributed by atoms with Crippen molar-refractivity contribution in [1.82, 2.24) is 4.98 Å². The molecule has 2 bridgehead atoms. The summed E-state index contributed by atoms with van der Waals surface area (Å²) in [6.45, 7) is 0.942. The summed E-state index contributed by atoms with van der Waals surface area (Å²) in [5, 5.41) is 4.86. The number of benzene rings is 1. The van der Waals surface area contributed by atoms with E-state index in [1.54, 1.807) is 12.1 Å². The summed E-state index contributed by atoms with van der Waals surface area (Å²) in [5.74, 6) is 1.43. The van der Waals surface area contributed by atoms with Gasteiger partial charge in [-0.25, -0.2) is 9.37 Å². The van der Waals surface area contributed by atoms with Crippen LogP contribution in [0.3, 0.4) is 0 Å². The number of hydrogen-bond acceptors (Lipinski definition) is 3. The summed E-state index contributed by atoms with van der Waals surface area (Å²) in [7, 11) is 0. The number of rotatable bonds is 3. The fraction of sp³-hybridized carbons (Fsp3) is 0.500. The van der Waals surface area contributed by atoms with E-state index in [2.05, 4.69) is 10.3 Å². The predicted octanol–water partition coefficient (Wildman–Crippen LogP) is 4.34. The smallest absolute Gasteiger partial charge is 0.149 e. The summed E-state index contributed by atoms with van der Waals surface area (Å²) in [4.78, 5) is 4.27. The second-order valence-corrected chi connectivity index (χ2v) is 7.10. The Morgan fingerprint density at radius 2 is 1.91 bits per heavy atom. The van der Waals surface area contributed by atoms with Gasteiger partial charge in [0.2, 0.25) is 0 Å². The zero-order valence-corrected chi connectivity index (χ0v) is 12.7. The predicted molar refractivity (Wildman–Crippen MR) is 88.2 cm³/mol. The van der Waals surface area contributed by atoms with E-state index < -0.39 is 0 Å². The molecule has 0 amide bonds. The number of nitrogen functional groups attached to an aromatic ring is 1. The van der Waals surface area contributed by atoms with Crippen molar-refractivity contribution in [3.63, 3.8) is 0 Å². The molecule has 0 saturated heterocycles. The zero-order chi connectivity index (χ0) is 15.2. The minimum absolute atomic E-state index is 0.316. The van der Waals surface area contributed by atoms with Crippen LogP contribution in [0, 0.1) is 17.2 Å². The zero-order valence-electron chi connectivity index (χ0n) is 12.7. The van der Waals surface area contributed by atoms with E-state index in [4.69, 9.17) is 5.73 Å². The molecule has 0 atom stereocenters. The molecular formula is C18H22FN3. The number of hydrogen-bond donors (Lipinski definition) is 2. The van der Waals surface area contributed by atoms with Gasteiger partial charge in [-0.05, 0) is 68.1 Å². The number of pyridine rings is 1. The largest absolute Gasteiger partial charge is 0.399 e. The first-order valence-electron chi connectivity index (χ1n) is 8.23. The van der Waals surface area contributed by atoms with Gasteiger partial charge in [0.05, 0.1) is 6.20 Å². The molecular weight excluding hydrogens is 277 g/mol. The standard InChI is InChI=1S/C18H22FN3/c19-16-10-21-17(14-2-1-13(20)9-15(14)16)22-11-18-6-3-12(4-7-18)5-8-18/h1-2,9-10,12H,3-8,11,20H2,(H,21,22). The van der Waals surface area contributed by atoms with Gasteiger partial charge < -0.3 is 11.1 Å². The molecule has 3 aliphatic rings. The normalized spacial score (nSPS) is 27.2. The average Bonchev–Trinajstić information content (AvgIpc) is 2.56. The Bertz CT molecular complexity index is 691. The van der Waals surface area contributed by atoms with Gasteiger partial charge >= 0.3 is 0 Å². The molecule has 0 aliphatic heterocycles. The third-order valence-corrected chi connectivity index (χ3v) is 5.74. The van der Waals surface area contributed by atoms with Crippen LogP contribution < -0.4 is 11.1 Å². The van der Waals surface area contributed by atoms with Crippen molar-refractivity contribution in [2.75, 3.05) is 17.6 Å². The first-order chi connectivity index (χ1) is 10.7. The summed E-state index contributed by atoms with van der Waals surface area (Å²) in [6.07, 6.45) is 9.35. The fourth-order valence-corrected chi connectivity index (χ4v) is 4.24. The van der Waals surface area contributed by atoms with Gasteiger partial charge in [-0.2, -0.15) is 0 Å². The summed E-state index contributed by atoms with van der Waals surface area (Å²) in [5.41, 5.74) is 6.77. The lowest BCUT2D eigenvalue weighted by molar-refractivity contribution is 0.0773. The molecule has 3 aliphatic carbocycles. The van der Waals surface area contributed by atoms with Crippen LogP contribution in [0.25, 0.3) is 10.8 Å². The average molecular weight is 299 g/mol. The van der Waals surface area contributed by atoms with Gasteiger partial charge in [0.25, 0.3) is 0 Å². The molecule has 3 nitrogen and oxygen atoms in total. The third-order valence-electron chi connectivity index (χ3n) is 5.74. The number of aromatic nitrogens is 1. The number of fused-ring (bicyclic) bond motifs is 4. The highest BCUT2D eigenvalue weighted by Crippen LogP contribution is 2.50. The van der Waals surface area contributed by atoms with Crippen LogP contribution in [0.4, 0.5) is 15.9 Å². The van der Waals surface area contributed by atoms with E-state index in [0.717, 1.165) is 23.7 Å². The van der Waals surface area contributed by atoms with Crippen LogP contribution in [-0.4, -0.2) is 11.5 Å². The van der Waals surface area contributed by atoms with Crippen molar-refractivity contribution in [2.24, 2.45) is 11.3 Å². The summed E-state index contributed by atoms with van der Waals surface area (Å²) < 4.78 is 13.9. The van der Waals surface area contributed by atoms with Gasteiger partial charge in [0.15, 0.2) is 0 Å². The van der Waals surface area contributed by atoms with Crippen LogP contribution in [0.15, 0.2) is 24.4 Å². The minimum atomic E-state index is -0.316. The molecule has 1 aromatic heterocycles. The Labute approximate surface area is 130 Å². The first kappa shape index (κ1) is 13.8. The highest BCUT2D eigenvalue weighted by molar-refractivity contribution is 5.94. The quantitative estimate of drug-likeness (QED) is 0.829. The van der Waals surface area contributed by atoms with Crippen LogP contribution in [0.5, 0.6) is 0 Å². The lowest BCUT2D eigenvalue weighted by atomic mass is 9.61. The molecule has 3 saturated carbocycles. The monoisotopic (exact) mass is 299 g/mol. The highest BCUT2D eigenvalue weighted by Gasteiger charge is 2.40. The van der Waals surface area contributed by atoms with Gasteiger partial charge in [-0.15, -0.1) is 0 Å². The van der Waals surface area contributed by atoms with Crippen molar-refractivity contribution >= 4 is 22.3 Å². The summed E-state index contributed by atoms with van der Waals surface area (Å²) in [6, 6.07) is 5.35. The Morgan fingerprint density at radius 1 is 1.18 bits per heavy atom. The molecule has 0 unspecified atom stereocenters.